The summed E-state index contributed by atoms with van der Waals surface area (Å²) in [7, 11) is 1.51. The maximum absolute atomic E-state index is 12.7. The topological polar surface area (TPSA) is 48.1 Å². The summed E-state index contributed by atoms with van der Waals surface area (Å²) in [6.45, 7) is 0. The van der Waals surface area contributed by atoms with Gasteiger partial charge in [0, 0.05) is 6.20 Å². The highest BCUT2D eigenvalue weighted by molar-refractivity contribution is 5.33. The van der Waals surface area contributed by atoms with Crippen molar-refractivity contribution in [1.29, 1.82) is 0 Å². The lowest BCUT2D eigenvalue weighted by molar-refractivity contribution is -0.184. The molecule has 2 N–H and O–H groups in total. The van der Waals surface area contributed by atoms with Crippen molar-refractivity contribution in [3.63, 3.8) is 0 Å². The number of pyridine rings is 1. The molecule has 0 spiro atoms. The summed E-state index contributed by atoms with van der Waals surface area (Å²) in [5.74, 6) is -0.714. The number of alkyl halides is 3. The van der Waals surface area contributed by atoms with Crippen molar-refractivity contribution >= 4 is 0 Å². The predicted molar refractivity (Wildman–Crippen MR) is 64.7 cm³/mol. The van der Waals surface area contributed by atoms with Crippen LogP contribution in [0.2, 0.25) is 0 Å². The highest BCUT2D eigenvalue weighted by Gasteiger charge is 2.46. The van der Waals surface area contributed by atoms with E-state index in [4.69, 9.17) is 10.5 Å². The van der Waals surface area contributed by atoms with Crippen LogP contribution in [0.4, 0.5) is 13.2 Å². The summed E-state index contributed by atoms with van der Waals surface area (Å²) in [6, 6.07) is 3.44. The van der Waals surface area contributed by atoms with Crippen molar-refractivity contribution < 1.29 is 17.9 Å². The quantitative estimate of drug-likeness (QED) is 0.901. The van der Waals surface area contributed by atoms with E-state index in [0.29, 0.717) is 11.4 Å². The summed E-state index contributed by atoms with van der Waals surface area (Å²) < 4.78 is 43.2. The zero-order chi connectivity index (χ0) is 14.1. The van der Waals surface area contributed by atoms with Crippen LogP contribution in [0, 0.1) is 5.92 Å². The fourth-order valence-corrected chi connectivity index (χ4v) is 2.63. The second-order valence-electron chi connectivity index (χ2n) is 5.03. The smallest absolute Gasteiger partial charge is 0.391 e. The number of rotatable bonds is 2. The van der Waals surface area contributed by atoms with Gasteiger partial charge in [0.25, 0.3) is 0 Å². The zero-order valence-electron chi connectivity index (χ0n) is 10.7. The summed E-state index contributed by atoms with van der Waals surface area (Å²) in [5.41, 5.74) is 5.98. The van der Waals surface area contributed by atoms with Crippen LogP contribution in [-0.2, 0) is 5.54 Å². The van der Waals surface area contributed by atoms with Gasteiger partial charge in [-0.05, 0) is 37.8 Å². The van der Waals surface area contributed by atoms with Gasteiger partial charge < -0.3 is 10.5 Å². The SMILES string of the molecule is COc1cccnc1C1(N)CCC(C(F)(F)F)CC1. The van der Waals surface area contributed by atoms with E-state index in [1.165, 1.54) is 7.11 Å². The lowest BCUT2D eigenvalue weighted by Crippen LogP contribution is -2.43. The van der Waals surface area contributed by atoms with Crippen LogP contribution in [0.25, 0.3) is 0 Å². The number of halogens is 3. The maximum Gasteiger partial charge on any atom is 0.391 e. The molecule has 0 atom stereocenters. The molecule has 1 fully saturated rings. The third-order valence-electron chi connectivity index (χ3n) is 3.80. The van der Waals surface area contributed by atoms with E-state index >= 15 is 0 Å². The molecule has 1 saturated carbocycles. The van der Waals surface area contributed by atoms with Crippen molar-refractivity contribution in [3.05, 3.63) is 24.0 Å². The highest BCUT2D eigenvalue weighted by atomic mass is 19.4. The minimum Gasteiger partial charge on any atom is -0.495 e. The predicted octanol–water partition coefficient (Wildman–Crippen LogP) is 3.00. The lowest BCUT2D eigenvalue weighted by Gasteiger charge is -2.37. The van der Waals surface area contributed by atoms with Crippen LogP contribution in [0.5, 0.6) is 5.75 Å². The fourth-order valence-electron chi connectivity index (χ4n) is 2.63. The Morgan fingerprint density at radius 1 is 1.37 bits per heavy atom. The Bertz CT molecular complexity index is 440. The van der Waals surface area contributed by atoms with Crippen LogP contribution in [0.3, 0.4) is 0 Å². The van der Waals surface area contributed by atoms with Gasteiger partial charge in [-0.15, -0.1) is 0 Å². The molecule has 0 radical (unpaired) electrons. The van der Waals surface area contributed by atoms with Gasteiger partial charge in [-0.1, -0.05) is 0 Å². The van der Waals surface area contributed by atoms with E-state index in [9.17, 15) is 13.2 Å². The summed E-state index contributed by atoms with van der Waals surface area (Å²) in [5, 5.41) is 0. The number of ether oxygens (including phenoxy) is 1. The van der Waals surface area contributed by atoms with Gasteiger partial charge in [0.05, 0.1) is 18.6 Å². The first kappa shape index (κ1) is 14.1. The van der Waals surface area contributed by atoms with Crippen molar-refractivity contribution in [2.75, 3.05) is 7.11 Å². The van der Waals surface area contributed by atoms with Gasteiger partial charge in [-0.25, -0.2) is 0 Å². The van der Waals surface area contributed by atoms with E-state index in [1.807, 2.05) is 0 Å². The Morgan fingerprint density at radius 2 is 2.00 bits per heavy atom. The van der Waals surface area contributed by atoms with Gasteiger partial charge in [0.15, 0.2) is 0 Å². The lowest BCUT2D eigenvalue weighted by atomic mass is 9.74. The molecular formula is C13H17F3N2O. The Hall–Kier alpha value is -1.30. The van der Waals surface area contributed by atoms with Crippen molar-refractivity contribution in [3.8, 4) is 5.75 Å². The van der Waals surface area contributed by atoms with E-state index in [0.717, 1.165) is 0 Å². The first-order valence-electron chi connectivity index (χ1n) is 6.22. The van der Waals surface area contributed by atoms with Crippen LogP contribution in [0.15, 0.2) is 18.3 Å². The monoisotopic (exact) mass is 274 g/mol. The van der Waals surface area contributed by atoms with E-state index in [-0.39, 0.29) is 25.7 Å². The second-order valence-corrected chi connectivity index (χ2v) is 5.03. The fraction of sp³-hybridized carbons (Fsp3) is 0.615. The number of nitrogens with two attached hydrogens (primary N) is 1. The largest absolute Gasteiger partial charge is 0.495 e. The van der Waals surface area contributed by atoms with E-state index in [1.54, 1.807) is 18.3 Å². The molecule has 0 aliphatic heterocycles. The van der Waals surface area contributed by atoms with Gasteiger partial charge in [0.1, 0.15) is 11.4 Å². The van der Waals surface area contributed by atoms with Crippen molar-refractivity contribution in [1.82, 2.24) is 4.98 Å². The number of hydrogen-bond donors (Lipinski definition) is 1. The molecule has 6 heteroatoms. The molecule has 1 aliphatic carbocycles. The summed E-state index contributed by atoms with van der Waals surface area (Å²) in [6.07, 6.45) is -1.92. The molecule has 0 aromatic carbocycles. The summed E-state index contributed by atoms with van der Waals surface area (Å²) in [4.78, 5) is 4.20. The number of aromatic nitrogens is 1. The maximum atomic E-state index is 12.7. The molecule has 0 bridgehead atoms. The van der Waals surface area contributed by atoms with Gasteiger partial charge in [0.2, 0.25) is 0 Å². The molecule has 0 amide bonds. The Kier molecular flexibility index (Phi) is 3.71. The van der Waals surface area contributed by atoms with Gasteiger partial charge in [-0.3, -0.25) is 4.98 Å². The molecule has 19 heavy (non-hydrogen) atoms. The van der Waals surface area contributed by atoms with Crippen LogP contribution >= 0.6 is 0 Å². The number of hydrogen-bond acceptors (Lipinski definition) is 3. The molecule has 3 nitrogen and oxygen atoms in total. The minimum atomic E-state index is -4.13. The van der Waals surface area contributed by atoms with E-state index < -0.39 is 17.6 Å². The van der Waals surface area contributed by atoms with Crippen molar-refractivity contribution in [2.24, 2.45) is 11.7 Å². The first-order chi connectivity index (χ1) is 8.87. The molecule has 0 unspecified atom stereocenters. The average Bonchev–Trinajstić information content (AvgIpc) is 2.38. The summed E-state index contributed by atoms with van der Waals surface area (Å²) >= 11 is 0. The molecule has 1 aliphatic rings. The standard InChI is InChI=1S/C13H17F3N2O/c1-19-10-3-2-8-18-11(10)12(17)6-4-9(5-7-12)13(14,15)16/h2-3,8-9H,4-7,17H2,1H3. The molecule has 1 aromatic heterocycles. The Morgan fingerprint density at radius 3 is 2.53 bits per heavy atom. The first-order valence-corrected chi connectivity index (χ1v) is 6.22. The zero-order valence-corrected chi connectivity index (χ0v) is 10.7. The van der Waals surface area contributed by atoms with Crippen LogP contribution in [-0.4, -0.2) is 18.3 Å². The van der Waals surface area contributed by atoms with Crippen molar-refractivity contribution in [2.45, 2.75) is 37.4 Å². The third-order valence-corrected chi connectivity index (χ3v) is 3.80. The second kappa shape index (κ2) is 5.00. The van der Waals surface area contributed by atoms with E-state index in [2.05, 4.69) is 4.98 Å². The molecule has 2 rings (SSSR count). The normalized spacial score (nSPS) is 28.2. The molecule has 0 saturated heterocycles. The number of methoxy groups -OCH3 is 1. The Balaban J connectivity index is 2.18. The van der Waals surface area contributed by atoms with Crippen LogP contribution in [0.1, 0.15) is 31.4 Å². The average molecular weight is 274 g/mol. The molecule has 106 valence electrons. The molecule has 1 heterocycles. The van der Waals surface area contributed by atoms with Crippen LogP contribution < -0.4 is 10.5 Å². The Labute approximate surface area is 110 Å². The minimum absolute atomic E-state index is 0.0414. The molecular weight excluding hydrogens is 257 g/mol. The molecule has 1 aromatic rings. The van der Waals surface area contributed by atoms with Gasteiger partial charge >= 0.3 is 6.18 Å². The highest BCUT2D eigenvalue weighted by Crippen LogP contribution is 2.45. The van der Waals surface area contributed by atoms with Gasteiger partial charge in [-0.2, -0.15) is 13.2 Å². The third kappa shape index (κ3) is 2.83. The number of nitrogens with zero attached hydrogens (tertiary/aromatic N) is 1.